The van der Waals surface area contributed by atoms with Gasteiger partial charge in [0, 0.05) is 17.1 Å². The summed E-state index contributed by atoms with van der Waals surface area (Å²) in [7, 11) is -2.70. The summed E-state index contributed by atoms with van der Waals surface area (Å²) in [5.41, 5.74) is 2.93. The summed E-state index contributed by atoms with van der Waals surface area (Å²) in [6.45, 7) is 3.63. The van der Waals surface area contributed by atoms with Gasteiger partial charge in [-0.25, -0.2) is 8.42 Å². The van der Waals surface area contributed by atoms with Crippen molar-refractivity contribution in [1.29, 1.82) is 0 Å². The predicted octanol–water partition coefficient (Wildman–Crippen LogP) is 2.48. The van der Waals surface area contributed by atoms with Crippen LogP contribution in [0.2, 0.25) is 0 Å². The molecule has 0 fully saturated rings. The summed E-state index contributed by atoms with van der Waals surface area (Å²) in [5.74, 6) is 0.657. The fourth-order valence-electron chi connectivity index (χ4n) is 2.35. The maximum absolute atomic E-state index is 11.5. The van der Waals surface area contributed by atoms with E-state index in [-0.39, 0.29) is 4.90 Å². The number of benzene rings is 1. The molecule has 0 bridgehead atoms. The Bertz CT molecular complexity index is 854. The minimum Gasteiger partial charge on any atom is -0.361 e. The predicted molar refractivity (Wildman–Crippen MR) is 75.3 cm³/mol. The molecule has 1 aromatic carbocycles. The van der Waals surface area contributed by atoms with Crippen molar-refractivity contribution in [2.75, 3.05) is 0 Å². The molecule has 3 aromatic rings. The van der Waals surface area contributed by atoms with E-state index in [9.17, 15) is 8.42 Å². The molecule has 0 amide bonds. The van der Waals surface area contributed by atoms with Crippen molar-refractivity contribution in [3.8, 4) is 11.1 Å². The number of hydrogen-bond acceptors (Lipinski definition) is 5. The van der Waals surface area contributed by atoms with Crippen molar-refractivity contribution in [3.05, 3.63) is 41.9 Å². The summed E-state index contributed by atoms with van der Waals surface area (Å²) >= 11 is 0. The van der Waals surface area contributed by atoms with Gasteiger partial charge in [-0.3, -0.25) is 4.98 Å². The van der Waals surface area contributed by atoms with Crippen LogP contribution in [0, 0.1) is 13.8 Å². The molecule has 2 heterocycles. The molecule has 3 rings (SSSR count). The molecule has 0 atom stereocenters. The molecule has 20 heavy (non-hydrogen) atoms. The second kappa shape index (κ2) is 4.72. The second-order valence-electron chi connectivity index (χ2n) is 4.52. The number of fused-ring (bicyclic) bond motifs is 1. The number of rotatable bonds is 2. The number of thiol groups is 1. The SMILES string of the molecule is Cc1noc(C)c1-c1cc([SH](=O)=O)c2cccnc2c1. The summed E-state index contributed by atoms with van der Waals surface area (Å²) in [4.78, 5) is 4.50. The van der Waals surface area contributed by atoms with E-state index in [1.165, 1.54) is 0 Å². The highest BCUT2D eigenvalue weighted by atomic mass is 32.2. The number of aromatic nitrogens is 2. The maximum atomic E-state index is 11.5. The van der Waals surface area contributed by atoms with Crippen LogP contribution in [-0.2, 0) is 10.7 Å². The van der Waals surface area contributed by atoms with Gasteiger partial charge in [-0.2, -0.15) is 0 Å². The first-order chi connectivity index (χ1) is 9.58. The lowest BCUT2D eigenvalue weighted by atomic mass is 10.0. The van der Waals surface area contributed by atoms with Crippen molar-refractivity contribution in [2.45, 2.75) is 18.7 Å². The fraction of sp³-hybridized carbons (Fsp3) is 0.143. The van der Waals surface area contributed by atoms with E-state index in [0.717, 1.165) is 16.8 Å². The molecule has 0 N–H and O–H groups in total. The van der Waals surface area contributed by atoms with Crippen LogP contribution in [0.25, 0.3) is 22.0 Å². The zero-order valence-corrected chi connectivity index (χ0v) is 11.8. The Morgan fingerprint density at radius 1 is 1.20 bits per heavy atom. The molecule has 102 valence electrons. The zero-order valence-electron chi connectivity index (χ0n) is 11.0. The van der Waals surface area contributed by atoms with Gasteiger partial charge in [0.1, 0.15) is 5.76 Å². The first-order valence-corrected chi connectivity index (χ1v) is 7.22. The number of nitrogens with zero attached hydrogens (tertiary/aromatic N) is 2. The first kappa shape index (κ1) is 12.8. The third-order valence-corrected chi connectivity index (χ3v) is 3.98. The second-order valence-corrected chi connectivity index (χ2v) is 5.52. The highest BCUT2D eigenvalue weighted by Gasteiger charge is 2.15. The molecule has 0 aliphatic rings. The van der Waals surface area contributed by atoms with Gasteiger partial charge in [0.2, 0.25) is 0 Å². The van der Waals surface area contributed by atoms with Gasteiger partial charge < -0.3 is 4.52 Å². The van der Waals surface area contributed by atoms with Gasteiger partial charge in [0.25, 0.3) is 0 Å². The van der Waals surface area contributed by atoms with Gasteiger partial charge in [-0.05, 0) is 43.7 Å². The lowest BCUT2D eigenvalue weighted by Crippen LogP contribution is -1.90. The van der Waals surface area contributed by atoms with Crippen LogP contribution in [0.5, 0.6) is 0 Å². The Morgan fingerprint density at radius 2 is 2.00 bits per heavy atom. The van der Waals surface area contributed by atoms with Crippen LogP contribution >= 0.6 is 0 Å². The third-order valence-electron chi connectivity index (χ3n) is 3.22. The highest BCUT2D eigenvalue weighted by Crippen LogP contribution is 2.31. The van der Waals surface area contributed by atoms with E-state index in [0.29, 0.717) is 16.7 Å². The number of pyridine rings is 1. The molecule has 0 saturated heterocycles. The van der Waals surface area contributed by atoms with Crippen LogP contribution in [0.15, 0.2) is 39.9 Å². The van der Waals surface area contributed by atoms with E-state index < -0.39 is 10.7 Å². The lowest BCUT2D eigenvalue weighted by Gasteiger charge is -2.05. The summed E-state index contributed by atoms with van der Waals surface area (Å²) in [5, 5.41) is 4.52. The van der Waals surface area contributed by atoms with Crippen molar-refractivity contribution >= 4 is 21.6 Å². The molecule has 0 spiro atoms. The Hall–Kier alpha value is -2.21. The normalized spacial score (nSPS) is 11.3. The van der Waals surface area contributed by atoms with Crippen molar-refractivity contribution in [2.24, 2.45) is 0 Å². The monoisotopic (exact) mass is 288 g/mol. The van der Waals surface area contributed by atoms with Gasteiger partial charge in [0.05, 0.1) is 16.1 Å². The van der Waals surface area contributed by atoms with E-state index in [2.05, 4.69) is 10.1 Å². The van der Waals surface area contributed by atoms with E-state index >= 15 is 0 Å². The van der Waals surface area contributed by atoms with Crippen LogP contribution in [0.1, 0.15) is 11.5 Å². The molecule has 5 nitrogen and oxygen atoms in total. The highest BCUT2D eigenvalue weighted by molar-refractivity contribution is 7.72. The van der Waals surface area contributed by atoms with Crippen LogP contribution in [0.4, 0.5) is 0 Å². The lowest BCUT2D eigenvalue weighted by molar-refractivity contribution is 0.393. The molecule has 6 heteroatoms. The largest absolute Gasteiger partial charge is 0.361 e. The van der Waals surface area contributed by atoms with Crippen LogP contribution in [-0.4, -0.2) is 18.6 Å². The first-order valence-electron chi connectivity index (χ1n) is 6.04. The summed E-state index contributed by atoms with van der Waals surface area (Å²) < 4.78 is 28.1. The Kier molecular flexibility index (Phi) is 3.02. The average molecular weight is 288 g/mol. The molecule has 0 saturated carbocycles. The van der Waals surface area contributed by atoms with Crippen molar-refractivity contribution in [3.63, 3.8) is 0 Å². The third kappa shape index (κ3) is 1.98. The van der Waals surface area contributed by atoms with Crippen molar-refractivity contribution in [1.82, 2.24) is 10.1 Å². The van der Waals surface area contributed by atoms with Crippen LogP contribution in [0.3, 0.4) is 0 Å². The van der Waals surface area contributed by atoms with Gasteiger partial charge in [-0.1, -0.05) is 5.16 Å². The number of aryl methyl sites for hydroxylation is 2. The number of hydrogen-bond donors (Lipinski definition) is 1. The molecular weight excluding hydrogens is 276 g/mol. The van der Waals surface area contributed by atoms with Crippen molar-refractivity contribution < 1.29 is 12.9 Å². The van der Waals surface area contributed by atoms with Gasteiger partial charge >= 0.3 is 0 Å². The van der Waals surface area contributed by atoms with E-state index in [1.54, 1.807) is 31.3 Å². The van der Waals surface area contributed by atoms with E-state index in [1.807, 2.05) is 13.0 Å². The van der Waals surface area contributed by atoms with Gasteiger partial charge in [-0.15, -0.1) is 0 Å². The molecule has 0 aliphatic carbocycles. The quantitative estimate of drug-likeness (QED) is 0.733. The summed E-state index contributed by atoms with van der Waals surface area (Å²) in [6, 6.07) is 6.96. The van der Waals surface area contributed by atoms with E-state index in [4.69, 9.17) is 4.52 Å². The average Bonchev–Trinajstić information content (AvgIpc) is 2.77. The maximum Gasteiger partial charge on any atom is 0.168 e. The van der Waals surface area contributed by atoms with Crippen LogP contribution < -0.4 is 0 Å². The zero-order chi connectivity index (χ0) is 14.3. The molecule has 2 aromatic heterocycles. The smallest absolute Gasteiger partial charge is 0.168 e. The topological polar surface area (TPSA) is 73.1 Å². The molecular formula is C14H12N2O3S. The van der Waals surface area contributed by atoms with Gasteiger partial charge in [0.15, 0.2) is 10.7 Å². The Balaban J connectivity index is 2.39. The Labute approximate surface area is 117 Å². The fourth-order valence-corrected chi connectivity index (χ4v) is 2.98. The summed E-state index contributed by atoms with van der Waals surface area (Å²) in [6.07, 6.45) is 1.64. The Morgan fingerprint density at radius 3 is 2.65 bits per heavy atom. The molecule has 0 radical (unpaired) electrons. The minimum atomic E-state index is -2.70. The standard InChI is InChI=1S/C14H12N2O3S/c1-8-14(9(2)19-16-8)10-6-12-11(4-3-5-15-12)13(7-10)20(17)18/h3-7,20H,1-2H3. The molecule has 0 aliphatic heterocycles. The molecule has 0 unspecified atom stereocenters. The minimum absolute atomic E-state index is 0.264.